The monoisotopic (exact) mass is 1120 g/mol. The summed E-state index contributed by atoms with van der Waals surface area (Å²) in [6.45, 7) is 14.4. The largest absolute Gasteiger partial charge is 0.507 e. The predicted octanol–water partition coefficient (Wildman–Crippen LogP) is 7.99. The second-order valence-corrected chi connectivity index (χ2v) is 24.6. The zero-order valence-corrected chi connectivity index (χ0v) is 47.7. The highest BCUT2D eigenvalue weighted by Gasteiger charge is 2.45. The lowest BCUT2D eigenvalue weighted by Gasteiger charge is -2.43. The number of piperidine rings is 2. The number of ether oxygens (including phenoxy) is 2. The minimum absolute atomic E-state index is 0.0845. The molecular weight excluding hydrogens is 1040 g/mol. The number of carbonyl (C=O) groups is 2. The Morgan fingerprint density at radius 1 is 0.840 bits per heavy atom. The molecule has 1 saturated carbocycles. The first-order valence-corrected chi connectivity index (χ1v) is 30.1. The molecule has 4 aromatic heterocycles. The third-order valence-corrected chi connectivity index (χ3v) is 18.9. The lowest BCUT2D eigenvalue weighted by atomic mass is 9.91. The molecule has 12 rings (SSSR count). The van der Waals surface area contributed by atoms with Gasteiger partial charge in [0.1, 0.15) is 23.8 Å². The van der Waals surface area contributed by atoms with E-state index in [1.165, 1.54) is 4.90 Å². The number of aliphatic hydroxyl groups is 1. The maximum atomic E-state index is 14.4. The van der Waals surface area contributed by atoms with Crippen LogP contribution in [0.25, 0.3) is 21.7 Å². The molecule has 2 aromatic carbocycles. The van der Waals surface area contributed by atoms with Crippen molar-refractivity contribution in [3.63, 3.8) is 0 Å². The Morgan fingerprint density at radius 3 is 2.31 bits per heavy atom. The fraction of sp³-hybridized carbons (Fsp3) is 0.525. The fourth-order valence-electron chi connectivity index (χ4n) is 13.4. The number of rotatable bonds is 17. The van der Waals surface area contributed by atoms with Gasteiger partial charge in [-0.2, -0.15) is 0 Å². The number of para-hydroxylation sites is 1. The van der Waals surface area contributed by atoms with E-state index in [0.717, 1.165) is 136 Å². The summed E-state index contributed by atoms with van der Waals surface area (Å²) in [4.78, 5) is 49.6. The van der Waals surface area contributed by atoms with Crippen molar-refractivity contribution >= 4 is 46.2 Å². The van der Waals surface area contributed by atoms with Crippen LogP contribution in [0.4, 0.5) is 23.0 Å². The molecule has 6 aromatic rings. The van der Waals surface area contributed by atoms with Crippen LogP contribution in [0.3, 0.4) is 0 Å². The third kappa shape index (κ3) is 11.8. The number of phenolic OH excluding ortho intramolecular Hbond substituents is 1. The van der Waals surface area contributed by atoms with Crippen LogP contribution in [-0.2, 0) is 14.3 Å². The summed E-state index contributed by atoms with van der Waals surface area (Å²) in [5.41, 5.74) is 14.5. The predicted molar refractivity (Wildman–Crippen MR) is 311 cm³/mol. The molecule has 5 N–H and O–H groups in total. The maximum absolute atomic E-state index is 14.4. The van der Waals surface area contributed by atoms with Gasteiger partial charge in [0.05, 0.1) is 51.8 Å². The van der Waals surface area contributed by atoms with Gasteiger partial charge in [0.2, 0.25) is 17.7 Å². The minimum Gasteiger partial charge on any atom is -0.507 e. The van der Waals surface area contributed by atoms with Gasteiger partial charge in [-0.05, 0) is 99.6 Å². The van der Waals surface area contributed by atoms with E-state index in [0.29, 0.717) is 46.7 Å². The molecule has 0 radical (unpaired) electrons. The molecule has 0 spiro atoms. The van der Waals surface area contributed by atoms with Gasteiger partial charge >= 0.3 is 0 Å². The first-order chi connectivity index (χ1) is 39.3. The van der Waals surface area contributed by atoms with Gasteiger partial charge in [-0.3, -0.25) is 9.59 Å². The van der Waals surface area contributed by atoms with Crippen molar-refractivity contribution < 1.29 is 33.8 Å². The number of aromatic nitrogens is 5. The van der Waals surface area contributed by atoms with Crippen molar-refractivity contribution in [2.75, 3.05) is 72.8 Å². The molecule has 19 nitrogen and oxygen atoms in total. The number of anilines is 4. The number of nitrogen functional groups attached to an aromatic ring is 1. The van der Waals surface area contributed by atoms with E-state index in [1.54, 1.807) is 23.5 Å². The number of thiazole rings is 1. The molecule has 6 atom stereocenters. The number of likely N-dealkylation sites (tertiary alicyclic amines) is 2. The van der Waals surface area contributed by atoms with Crippen LogP contribution in [0.15, 0.2) is 89.0 Å². The summed E-state index contributed by atoms with van der Waals surface area (Å²) in [7, 11) is 0. The number of β-amino-alcohol motifs (C(OH)–C–C–N with tert-alkyl or cyclic N) is 1. The van der Waals surface area contributed by atoms with Gasteiger partial charge in [0.15, 0.2) is 17.4 Å². The molecule has 5 saturated heterocycles. The van der Waals surface area contributed by atoms with Crippen LogP contribution in [-0.4, -0.2) is 152 Å². The molecule has 20 heteroatoms. The number of amides is 2. The molecule has 6 aliphatic rings. The number of phenols is 1. The molecule has 81 heavy (non-hydrogen) atoms. The second-order valence-electron chi connectivity index (χ2n) is 23.8. The number of nitrogens with zero attached hydrogens (tertiary/aromatic N) is 10. The number of nitrogens with two attached hydrogens (primary N) is 1. The minimum atomic E-state index is -0.803. The molecule has 5 aliphatic heterocycles. The Balaban J connectivity index is 0.564. The van der Waals surface area contributed by atoms with Gasteiger partial charge in [0, 0.05) is 113 Å². The topological polar surface area (TPSA) is 225 Å². The first kappa shape index (κ1) is 54.7. The molecule has 2 bridgehead atoms. The van der Waals surface area contributed by atoms with E-state index in [9.17, 15) is 19.8 Å². The van der Waals surface area contributed by atoms with Gasteiger partial charge in [0.25, 0.3) is 0 Å². The van der Waals surface area contributed by atoms with E-state index < -0.39 is 18.1 Å². The highest BCUT2D eigenvalue weighted by molar-refractivity contribution is 7.13. The lowest BCUT2D eigenvalue weighted by Crippen LogP contribution is -2.54. The first-order valence-electron chi connectivity index (χ1n) is 29.2. The molecular formula is C61H76N12O7S. The quantitative estimate of drug-likeness (QED) is 0.0679. The number of piperazine rings is 1. The third-order valence-electron chi connectivity index (χ3n) is 17.9. The van der Waals surface area contributed by atoms with E-state index >= 15 is 0 Å². The highest BCUT2D eigenvalue weighted by atomic mass is 32.1. The number of fused-ring (bicyclic) bond motifs is 2. The van der Waals surface area contributed by atoms with Crippen LogP contribution >= 0.6 is 11.3 Å². The van der Waals surface area contributed by atoms with Crippen molar-refractivity contribution in [3.05, 3.63) is 102 Å². The normalized spacial score (nSPS) is 24.4. The number of aromatic hydroxyl groups is 1. The molecule has 2 amide bonds. The van der Waals surface area contributed by atoms with Crippen LogP contribution in [0.5, 0.6) is 11.6 Å². The van der Waals surface area contributed by atoms with Crippen LogP contribution in [0.2, 0.25) is 0 Å². The molecule has 1 aliphatic carbocycles. The zero-order valence-electron chi connectivity index (χ0n) is 46.8. The van der Waals surface area contributed by atoms with E-state index in [4.69, 9.17) is 19.7 Å². The van der Waals surface area contributed by atoms with Crippen molar-refractivity contribution in [3.8, 4) is 33.3 Å². The summed E-state index contributed by atoms with van der Waals surface area (Å²) in [6.07, 6.45) is 9.84. The molecule has 9 heterocycles. The summed E-state index contributed by atoms with van der Waals surface area (Å²) >= 11 is 1.60. The van der Waals surface area contributed by atoms with E-state index in [1.807, 2.05) is 87.9 Å². The van der Waals surface area contributed by atoms with E-state index in [-0.39, 0.29) is 60.8 Å². The maximum Gasteiger partial charge on any atom is 0.243 e. The van der Waals surface area contributed by atoms with Crippen molar-refractivity contribution in [1.82, 2.24) is 40.4 Å². The Morgan fingerprint density at radius 2 is 1.59 bits per heavy atom. The molecule has 428 valence electrons. The van der Waals surface area contributed by atoms with Crippen molar-refractivity contribution in [2.45, 2.75) is 140 Å². The zero-order chi connectivity index (χ0) is 55.9. The Labute approximate surface area is 477 Å². The van der Waals surface area contributed by atoms with Crippen molar-refractivity contribution in [2.24, 2.45) is 11.8 Å². The highest BCUT2D eigenvalue weighted by Crippen LogP contribution is 2.41. The van der Waals surface area contributed by atoms with Crippen LogP contribution in [0, 0.1) is 18.8 Å². The van der Waals surface area contributed by atoms with Gasteiger partial charge in [-0.1, -0.05) is 55.4 Å². The second kappa shape index (κ2) is 23.5. The van der Waals surface area contributed by atoms with Crippen molar-refractivity contribution in [1.29, 1.82) is 0 Å². The van der Waals surface area contributed by atoms with Crippen LogP contribution in [0.1, 0.15) is 108 Å². The van der Waals surface area contributed by atoms with Gasteiger partial charge < -0.3 is 59.8 Å². The number of aliphatic hydroxyl groups excluding tert-OH is 1. The fourth-order valence-corrected chi connectivity index (χ4v) is 14.2. The Hall–Kier alpha value is -6.87. The number of aryl methyl sites for hydroxylation is 1. The summed E-state index contributed by atoms with van der Waals surface area (Å²) < 4.78 is 19.1. The number of pyridine rings is 1. The lowest BCUT2D eigenvalue weighted by molar-refractivity contribution is -0.141. The smallest absolute Gasteiger partial charge is 0.243 e. The number of hydrogen-bond acceptors (Lipinski definition) is 18. The number of benzene rings is 2. The van der Waals surface area contributed by atoms with Crippen LogP contribution < -0.4 is 30.5 Å². The average Bonchev–Trinajstić information content (AvgIpc) is 4.28. The Kier molecular flexibility index (Phi) is 15.9. The van der Waals surface area contributed by atoms with Gasteiger partial charge in [-0.15, -0.1) is 21.5 Å². The summed E-state index contributed by atoms with van der Waals surface area (Å²) in [5, 5.41) is 37.5. The number of hydrogen-bond donors (Lipinski definition) is 4. The molecule has 2 unspecified atom stereocenters. The average molecular weight is 1120 g/mol. The molecule has 6 fully saturated rings. The van der Waals surface area contributed by atoms with Gasteiger partial charge in [-0.25, -0.2) is 9.97 Å². The standard InChI is InChI=1S/C61H76N12O7S/c1-36(2)57(61(77)72-34-45(74)26-52(72)60(76)65-37(3)40-9-11-41(12-10-40)58-38(4)64-35-81-58)54-30-55(68-80-54)70-23-16-39(17-24-70)31-69-21-18-46(19-22-69)78-47-27-48(28-47)79-56-25-42(15-20-63-56)73-43-13-14-44(73)33-71(32-43)51-29-50(66-67-59(51)62)49-7-5-6-8-53(49)75/h5-12,15,20,25,29-30,35-37,39,43-48,52,57,74-75H,13-14,16-19,21-24,26-28,31-34H2,1-4H3,(H2,62,67)(H,65,76)/t37-,43?,44?,45+,47?,48?,52-,57+/m0/s1. The Bertz CT molecular complexity index is 3140. The summed E-state index contributed by atoms with van der Waals surface area (Å²) in [5.74, 6) is 1.72. The summed E-state index contributed by atoms with van der Waals surface area (Å²) in [6, 6.07) is 22.8. The number of carbonyl (C=O) groups excluding carboxylic acids is 2. The number of nitrogens with one attached hydrogen (secondary N) is 1. The SMILES string of the molecule is Cc1ncsc1-c1ccc([C@H](C)NC(=O)[C@@H]2C[C@@H](O)CN2C(=O)[C@@H](c2cc(N3CCC(CN4CCC(OC5CC(Oc6cc(N7C8CCC7CN(c7cc(-c9ccccc9O)nnc7N)C8)ccn6)C5)CC4)CC3)no2)C(C)C)cc1. The van der Waals surface area contributed by atoms with E-state index in [2.05, 4.69) is 62.4 Å².